The molecule has 0 amide bonds. The lowest BCUT2D eigenvalue weighted by atomic mass is 10.1. The average Bonchev–Trinajstić information content (AvgIpc) is 2.69. The van der Waals surface area contributed by atoms with Gasteiger partial charge in [-0.25, -0.2) is 4.79 Å². The summed E-state index contributed by atoms with van der Waals surface area (Å²) in [6.07, 6.45) is 19.2. The van der Waals surface area contributed by atoms with Gasteiger partial charge >= 0.3 is 5.97 Å². The van der Waals surface area contributed by atoms with Crippen LogP contribution in [0.4, 0.5) is 0 Å². The third-order valence-corrected chi connectivity index (χ3v) is 4.59. The molecule has 1 aromatic rings. The zero-order valence-corrected chi connectivity index (χ0v) is 18.6. The number of carbonyl (C=O) groups is 1. The number of allylic oxidation sites excluding steroid dienone is 6. The maximum atomic E-state index is 10.6. The normalized spacial score (nSPS) is 12.8. The highest BCUT2D eigenvalue weighted by Crippen LogP contribution is 2.25. The van der Waals surface area contributed by atoms with Crippen LogP contribution >= 0.6 is 0 Å². The summed E-state index contributed by atoms with van der Waals surface area (Å²) in [5.41, 5.74) is 2.50. The number of rotatable bonds is 14. The Bertz CT molecular complexity index is 769. The minimum absolute atomic E-state index is 0.203. The minimum atomic E-state index is -0.953. The third kappa shape index (κ3) is 11.9. The van der Waals surface area contributed by atoms with E-state index in [4.69, 9.17) is 9.84 Å². The first-order valence-electron chi connectivity index (χ1n) is 10.8. The van der Waals surface area contributed by atoms with Gasteiger partial charge in [-0.1, -0.05) is 81.4 Å². The van der Waals surface area contributed by atoms with Gasteiger partial charge in [-0.2, -0.15) is 0 Å². The van der Waals surface area contributed by atoms with E-state index in [1.54, 1.807) is 31.2 Å². The van der Waals surface area contributed by atoms with Crippen LogP contribution < -0.4 is 4.74 Å². The number of carboxylic acid groups (broad SMARTS) is 1. The number of hydrogen-bond donors (Lipinski definition) is 2. The molecule has 1 rings (SSSR count). The number of phenols is 1. The molecule has 0 aliphatic heterocycles. The molecule has 0 heterocycles. The smallest absolute Gasteiger partial charge is 0.328 e. The molecule has 1 aromatic carbocycles. The van der Waals surface area contributed by atoms with Crippen LogP contribution in [0.5, 0.6) is 11.5 Å². The molecule has 4 nitrogen and oxygen atoms in total. The topological polar surface area (TPSA) is 66.8 Å². The molecule has 0 atom stereocenters. The minimum Gasteiger partial charge on any atom is -0.508 e. The van der Waals surface area contributed by atoms with E-state index < -0.39 is 5.97 Å². The monoisotopic (exact) mass is 412 g/mol. The molecular formula is C26H36O4. The van der Waals surface area contributed by atoms with Gasteiger partial charge in [-0.15, -0.1) is 0 Å². The van der Waals surface area contributed by atoms with Crippen LogP contribution in [-0.2, 0) is 4.79 Å². The van der Waals surface area contributed by atoms with Crippen molar-refractivity contribution in [2.24, 2.45) is 0 Å². The van der Waals surface area contributed by atoms with Crippen molar-refractivity contribution < 1.29 is 19.7 Å². The van der Waals surface area contributed by atoms with Gasteiger partial charge < -0.3 is 14.9 Å². The first-order chi connectivity index (χ1) is 14.4. The molecule has 2 N–H and O–H groups in total. The van der Waals surface area contributed by atoms with Gasteiger partial charge in [-0.3, -0.25) is 0 Å². The van der Waals surface area contributed by atoms with Crippen LogP contribution in [-0.4, -0.2) is 22.8 Å². The quantitative estimate of drug-likeness (QED) is 0.195. The van der Waals surface area contributed by atoms with E-state index in [-0.39, 0.29) is 5.75 Å². The van der Waals surface area contributed by atoms with Crippen molar-refractivity contribution in [1.82, 2.24) is 0 Å². The molecule has 0 aromatic heterocycles. The molecule has 0 saturated carbocycles. The fraction of sp³-hybridized carbons (Fsp3) is 0.423. The third-order valence-electron chi connectivity index (χ3n) is 4.59. The summed E-state index contributed by atoms with van der Waals surface area (Å²) in [6.45, 7) is 6.60. The number of unbranched alkanes of at least 4 members (excludes halogenated alkanes) is 6. The number of carboxylic acids is 1. The van der Waals surface area contributed by atoms with E-state index >= 15 is 0 Å². The van der Waals surface area contributed by atoms with Gasteiger partial charge in [0.25, 0.3) is 0 Å². The van der Waals surface area contributed by atoms with Crippen LogP contribution in [0.25, 0.3) is 6.08 Å². The summed E-state index contributed by atoms with van der Waals surface area (Å²) in [5, 5.41) is 18.5. The fourth-order valence-electron chi connectivity index (χ4n) is 2.91. The molecular weight excluding hydrogens is 376 g/mol. The Labute approximate surface area is 181 Å². The van der Waals surface area contributed by atoms with Crippen LogP contribution in [0.2, 0.25) is 0 Å². The highest BCUT2D eigenvalue weighted by atomic mass is 16.5. The first-order valence-corrected chi connectivity index (χ1v) is 10.8. The Morgan fingerprint density at radius 3 is 2.40 bits per heavy atom. The Morgan fingerprint density at radius 1 is 1.00 bits per heavy atom. The second-order valence-corrected chi connectivity index (χ2v) is 7.52. The zero-order chi connectivity index (χ0) is 22.2. The molecule has 0 unspecified atom stereocenters. The van der Waals surface area contributed by atoms with E-state index in [2.05, 4.69) is 6.92 Å². The molecule has 4 heteroatoms. The first kappa shape index (κ1) is 25.3. The summed E-state index contributed by atoms with van der Waals surface area (Å²) >= 11 is 0. The van der Waals surface area contributed by atoms with E-state index in [0.717, 1.165) is 29.4 Å². The van der Waals surface area contributed by atoms with Crippen molar-refractivity contribution in [1.29, 1.82) is 0 Å². The van der Waals surface area contributed by atoms with Crippen molar-refractivity contribution in [3.8, 4) is 11.5 Å². The number of ether oxygens (including phenoxy) is 1. The Balaban J connectivity index is 2.60. The number of aliphatic carboxylic acids is 1. The number of aromatic hydroxyl groups is 1. The lowest BCUT2D eigenvalue weighted by Crippen LogP contribution is -1.98. The molecule has 164 valence electrons. The second kappa shape index (κ2) is 15.1. The summed E-state index contributed by atoms with van der Waals surface area (Å²) in [5.74, 6) is 0.0122. The summed E-state index contributed by atoms with van der Waals surface area (Å²) in [4.78, 5) is 10.6. The van der Waals surface area contributed by atoms with Crippen LogP contribution in [0.3, 0.4) is 0 Å². The van der Waals surface area contributed by atoms with Crippen molar-refractivity contribution in [2.45, 2.75) is 65.7 Å². The van der Waals surface area contributed by atoms with E-state index in [1.807, 2.05) is 31.2 Å². The molecule has 0 radical (unpaired) electrons. The fourth-order valence-corrected chi connectivity index (χ4v) is 2.91. The summed E-state index contributed by atoms with van der Waals surface area (Å²) < 4.78 is 5.94. The molecule has 0 fully saturated rings. The van der Waals surface area contributed by atoms with Gasteiger partial charge in [-0.05, 0) is 44.0 Å². The Kier molecular flexibility index (Phi) is 12.8. The second-order valence-electron chi connectivity index (χ2n) is 7.52. The van der Waals surface area contributed by atoms with Gasteiger partial charge in [0.2, 0.25) is 0 Å². The maximum Gasteiger partial charge on any atom is 0.328 e. The van der Waals surface area contributed by atoms with E-state index in [1.165, 1.54) is 38.5 Å². The Hall–Kier alpha value is -2.75. The van der Waals surface area contributed by atoms with Crippen LogP contribution in [0, 0.1) is 0 Å². The summed E-state index contributed by atoms with van der Waals surface area (Å²) in [6, 6.07) is 5.13. The Morgan fingerprint density at radius 2 is 1.70 bits per heavy atom. The lowest BCUT2D eigenvalue weighted by Gasteiger charge is -2.10. The zero-order valence-electron chi connectivity index (χ0n) is 18.6. The number of hydrogen-bond acceptors (Lipinski definition) is 3. The van der Waals surface area contributed by atoms with Crippen molar-refractivity contribution in [2.75, 3.05) is 6.61 Å². The van der Waals surface area contributed by atoms with Gasteiger partial charge in [0.15, 0.2) is 0 Å². The highest BCUT2D eigenvalue weighted by Gasteiger charge is 2.03. The SMILES string of the molecule is CCCCCCCCCOc1ccc(O)cc1C=CC(C)=CC=CC(C)=CC(=O)O. The van der Waals surface area contributed by atoms with Gasteiger partial charge in [0, 0.05) is 11.6 Å². The van der Waals surface area contributed by atoms with Crippen molar-refractivity contribution in [3.05, 3.63) is 65.3 Å². The van der Waals surface area contributed by atoms with Gasteiger partial charge in [0.05, 0.1) is 6.61 Å². The van der Waals surface area contributed by atoms with Crippen LogP contribution in [0.1, 0.15) is 71.3 Å². The predicted molar refractivity (Wildman–Crippen MR) is 125 cm³/mol. The highest BCUT2D eigenvalue weighted by molar-refractivity contribution is 5.81. The predicted octanol–water partition coefficient (Wildman–Crippen LogP) is 7.07. The van der Waals surface area contributed by atoms with Crippen LogP contribution in [0.15, 0.2) is 59.7 Å². The molecule has 30 heavy (non-hydrogen) atoms. The standard InChI is InChI=1S/C26H36O4/c1-4-5-6-7-8-9-10-18-30-25-17-16-24(27)20-23(25)15-14-21(2)12-11-13-22(3)19-26(28)29/h11-17,19-20,27H,4-10,18H2,1-3H3,(H,28,29). The largest absolute Gasteiger partial charge is 0.508 e. The van der Waals surface area contributed by atoms with Crippen molar-refractivity contribution in [3.63, 3.8) is 0 Å². The average molecular weight is 413 g/mol. The van der Waals surface area contributed by atoms with E-state index in [0.29, 0.717) is 12.2 Å². The lowest BCUT2D eigenvalue weighted by molar-refractivity contribution is -0.131. The number of phenolic OH excluding ortho intramolecular Hbond substituents is 1. The molecule has 0 aliphatic carbocycles. The number of benzene rings is 1. The van der Waals surface area contributed by atoms with E-state index in [9.17, 15) is 9.90 Å². The summed E-state index contributed by atoms with van der Waals surface area (Å²) in [7, 11) is 0. The van der Waals surface area contributed by atoms with Crippen molar-refractivity contribution >= 4 is 12.0 Å². The molecule has 0 bridgehead atoms. The molecule has 0 spiro atoms. The molecule has 0 saturated heterocycles. The molecule has 0 aliphatic rings. The van der Waals surface area contributed by atoms with Gasteiger partial charge in [0.1, 0.15) is 11.5 Å². The maximum absolute atomic E-state index is 10.6.